The number of likely N-dealkylation sites (tertiary alicyclic amines) is 1. The molecule has 140 valence electrons. The number of amides is 2. The SMILES string of the molecule is COc1cccc(C2CCCN2C(=O)c2ccc3c(c2)NC(=O)C(C)S3)c1. The highest BCUT2D eigenvalue weighted by molar-refractivity contribution is 8.00. The standard InChI is InChI=1S/C21H22N2O3S/c1-13-20(24)22-17-12-15(8-9-19(17)27-13)21(25)23-10-4-7-18(23)14-5-3-6-16(11-14)26-2/h3,5-6,8-9,11-13,18H,4,7,10H2,1-2H3,(H,22,24). The van der Waals surface area contributed by atoms with Crippen LogP contribution in [0.25, 0.3) is 0 Å². The van der Waals surface area contributed by atoms with Crippen LogP contribution in [-0.4, -0.2) is 35.6 Å². The van der Waals surface area contributed by atoms with E-state index in [1.54, 1.807) is 13.2 Å². The van der Waals surface area contributed by atoms with Gasteiger partial charge in [0.25, 0.3) is 5.91 Å². The highest BCUT2D eigenvalue weighted by Gasteiger charge is 2.32. The molecule has 2 unspecified atom stereocenters. The molecule has 2 atom stereocenters. The Kier molecular flexibility index (Phi) is 4.83. The van der Waals surface area contributed by atoms with Gasteiger partial charge in [-0.25, -0.2) is 0 Å². The van der Waals surface area contributed by atoms with E-state index in [1.807, 2.05) is 48.2 Å². The minimum absolute atomic E-state index is 0.000917. The van der Waals surface area contributed by atoms with Crippen LogP contribution < -0.4 is 10.1 Å². The van der Waals surface area contributed by atoms with Crippen LogP contribution in [0.15, 0.2) is 47.4 Å². The molecule has 6 heteroatoms. The van der Waals surface area contributed by atoms with Crippen LogP contribution >= 0.6 is 11.8 Å². The van der Waals surface area contributed by atoms with Gasteiger partial charge < -0.3 is 15.0 Å². The molecule has 2 aromatic carbocycles. The van der Waals surface area contributed by atoms with Crippen molar-refractivity contribution in [2.75, 3.05) is 19.0 Å². The second kappa shape index (κ2) is 7.27. The first-order chi connectivity index (χ1) is 13.1. The van der Waals surface area contributed by atoms with Crippen molar-refractivity contribution >= 4 is 29.3 Å². The quantitative estimate of drug-likeness (QED) is 0.868. The Bertz CT molecular complexity index is 899. The van der Waals surface area contributed by atoms with Crippen molar-refractivity contribution in [2.24, 2.45) is 0 Å². The van der Waals surface area contributed by atoms with Crippen molar-refractivity contribution in [1.29, 1.82) is 0 Å². The smallest absolute Gasteiger partial charge is 0.254 e. The number of anilines is 1. The van der Waals surface area contributed by atoms with E-state index in [2.05, 4.69) is 5.32 Å². The summed E-state index contributed by atoms with van der Waals surface area (Å²) in [4.78, 5) is 28.1. The van der Waals surface area contributed by atoms with Gasteiger partial charge in [0, 0.05) is 17.0 Å². The summed E-state index contributed by atoms with van der Waals surface area (Å²) < 4.78 is 5.33. The lowest BCUT2D eigenvalue weighted by Gasteiger charge is -2.27. The monoisotopic (exact) mass is 382 g/mol. The molecule has 2 aliphatic rings. The molecule has 2 heterocycles. The van der Waals surface area contributed by atoms with E-state index < -0.39 is 0 Å². The highest BCUT2D eigenvalue weighted by Crippen LogP contribution is 2.38. The molecule has 27 heavy (non-hydrogen) atoms. The minimum atomic E-state index is -0.116. The summed E-state index contributed by atoms with van der Waals surface area (Å²) in [6, 6.07) is 13.6. The van der Waals surface area contributed by atoms with Gasteiger partial charge in [0.15, 0.2) is 0 Å². The number of nitrogens with one attached hydrogen (secondary N) is 1. The second-order valence-electron chi connectivity index (χ2n) is 6.89. The van der Waals surface area contributed by atoms with E-state index in [-0.39, 0.29) is 23.1 Å². The number of methoxy groups -OCH3 is 1. The van der Waals surface area contributed by atoms with Crippen molar-refractivity contribution in [1.82, 2.24) is 4.90 Å². The Morgan fingerprint density at radius 3 is 2.93 bits per heavy atom. The number of hydrogen-bond donors (Lipinski definition) is 1. The predicted octanol–water partition coefficient (Wildman–Crippen LogP) is 4.11. The maximum Gasteiger partial charge on any atom is 0.254 e. The van der Waals surface area contributed by atoms with E-state index in [0.717, 1.165) is 41.3 Å². The number of thioether (sulfide) groups is 1. The number of fused-ring (bicyclic) bond motifs is 1. The Hall–Kier alpha value is -2.47. The van der Waals surface area contributed by atoms with Crippen LogP contribution in [0.2, 0.25) is 0 Å². The van der Waals surface area contributed by atoms with Gasteiger partial charge in [0.1, 0.15) is 5.75 Å². The second-order valence-corrected chi connectivity index (χ2v) is 8.28. The topological polar surface area (TPSA) is 58.6 Å². The lowest BCUT2D eigenvalue weighted by Crippen LogP contribution is -2.31. The molecule has 0 bridgehead atoms. The van der Waals surface area contributed by atoms with Gasteiger partial charge in [-0.2, -0.15) is 0 Å². The molecule has 1 fully saturated rings. The Morgan fingerprint density at radius 2 is 2.11 bits per heavy atom. The molecule has 4 rings (SSSR count). The molecule has 5 nitrogen and oxygen atoms in total. The van der Waals surface area contributed by atoms with Gasteiger partial charge in [0.2, 0.25) is 5.91 Å². The number of ether oxygens (including phenoxy) is 1. The number of rotatable bonds is 3. The summed E-state index contributed by atoms with van der Waals surface area (Å²) in [5, 5.41) is 2.79. The van der Waals surface area contributed by atoms with Crippen molar-refractivity contribution in [3.63, 3.8) is 0 Å². The van der Waals surface area contributed by atoms with Crippen LogP contribution in [0, 0.1) is 0 Å². The fraction of sp³-hybridized carbons (Fsp3) is 0.333. The molecular weight excluding hydrogens is 360 g/mol. The Labute approximate surface area is 163 Å². The number of carbonyl (C=O) groups is 2. The molecule has 2 aliphatic heterocycles. The van der Waals surface area contributed by atoms with Gasteiger partial charge >= 0.3 is 0 Å². The zero-order valence-electron chi connectivity index (χ0n) is 15.4. The normalized spacial score (nSPS) is 21.6. The molecule has 0 saturated carbocycles. The van der Waals surface area contributed by atoms with E-state index in [0.29, 0.717) is 5.56 Å². The largest absolute Gasteiger partial charge is 0.497 e. The van der Waals surface area contributed by atoms with Crippen molar-refractivity contribution in [3.05, 3.63) is 53.6 Å². The lowest BCUT2D eigenvalue weighted by molar-refractivity contribution is -0.115. The van der Waals surface area contributed by atoms with E-state index in [4.69, 9.17) is 4.74 Å². The van der Waals surface area contributed by atoms with E-state index in [1.165, 1.54) is 11.8 Å². The highest BCUT2D eigenvalue weighted by atomic mass is 32.2. The van der Waals surface area contributed by atoms with Gasteiger partial charge in [-0.3, -0.25) is 9.59 Å². The first kappa shape index (κ1) is 17.9. The van der Waals surface area contributed by atoms with Crippen molar-refractivity contribution < 1.29 is 14.3 Å². The number of hydrogen-bond acceptors (Lipinski definition) is 4. The maximum absolute atomic E-state index is 13.2. The zero-order chi connectivity index (χ0) is 19.0. The summed E-state index contributed by atoms with van der Waals surface area (Å²) in [7, 11) is 1.65. The molecule has 2 aromatic rings. The molecule has 0 radical (unpaired) electrons. The summed E-state index contributed by atoms with van der Waals surface area (Å²) in [6.07, 6.45) is 1.91. The fourth-order valence-corrected chi connectivity index (χ4v) is 4.64. The number of nitrogens with zero attached hydrogens (tertiary/aromatic N) is 1. The molecule has 0 spiro atoms. The summed E-state index contributed by atoms with van der Waals surface area (Å²) in [5.41, 5.74) is 2.43. The third kappa shape index (κ3) is 3.41. The first-order valence-corrected chi connectivity index (χ1v) is 10.0. The first-order valence-electron chi connectivity index (χ1n) is 9.13. The Balaban J connectivity index is 1.60. The van der Waals surface area contributed by atoms with E-state index in [9.17, 15) is 9.59 Å². The maximum atomic E-state index is 13.2. The van der Waals surface area contributed by atoms with Crippen LogP contribution in [0.3, 0.4) is 0 Å². The summed E-state index contributed by atoms with van der Waals surface area (Å²) >= 11 is 1.52. The van der Waals surface area contributed by atoms with Gasteiger partial charge in [-0.15, -0.1) is 11.8 Å². The minimum Gasteiger partial charge on any atom is -0.497 e. The van der Waals surface area contributed by atoms with Gasteiger partial charge in [-0.1, -0.05) is 12.1 Å². The zero-order valence-corrected chi connectivity index (χ0v) is 16.2. The molecule has 2 amide bonds. The average Bonchev–Trinajstić information content (AvgIpc) is 3.18. The average molecular weight is 382 g/mol. The van der Waals surface area contributed by atoms with Gasteiger partial charge in [-0.05, 0) is 55.7 Å². The molecule has 1 saturated heterocycles. The lowest BCUT2D eigenvalue weighted by atomic mass is 10.0. The molecular formula is C21H22N2O3S. The van der Waals surface area contributed by atoms with Crippen LogP contribution in [0.4, 0.5) is 5.69 Å². The molecule has 0 aliphatic carbocycles. The third-order valence-corrected chi connectivity index (χ3v) is 6.33. The Morgan fingerprint density at radius 1 is 1.26 bits per heavy atom. The summed E-state index contributed by atoms with van der Waals surface area (Å²) in [5.74, 6) is 0.781. The predicted molar refractivity (Wildman–Crippen MR) is 106 cm³/mol. The van der Waals surface area contributed by atoms with Crippen molar-refractivity contribution in [2.45, 2.75) is 36.0 Å². The number of carbonyl (C=O) groups excluding carboxylic acids is 2. The summed E-state index contributed by atoms with van der Waals surface area (Å²) in [6.45, 7) is 2.61. The number of benzene rings is 2. The molecule has 0 aromatic heterocycles. The van der Waals surface area contributed by atoms with Crippen LogP contribution in [0.1, 0.15) is 41.7 Å². The van der Waals surface area contributed by atoms with Gasteiger partial charge in [0.05, 0.1) is 24.1 Å². The van der Waals surface area contributed by atoms with Crippen LogP contribution in [0.5, 0.6) is 5.75 Å². The van der Waals surface area contributed by atoms with Crippen LogP contribution in [-0.2, 0) is 4.79 Å². The van der Waals surface area contributed by atoms with Crippen molar-refractivity contribution in [3.8, 4) is 5.75 Å². The van der Waals surface area contributed by atoms with E-state index >= 15 is 0 Å². The molecule has 1 N–H and O–H groups in total. The fourth-order valence-electron chi connectivity index (χ4n) is 3.71. The third-order valence-electron chi connectivity index (χ3n) is 5.15.